The largest absolute Gasteiger partial charge is 0.379 e. The molecule has 110 valence electrons. The number of nitrogens with zero attached hydrogens (tertiary/aromatic N) is 1. The zero-order valence-corrected chi connectivity index (χ0v) is 12.3. The lowest BCUT2D eigenvalue weighted by atomic mass is 9.68. The maximum Gasteiger partial charge on any atom is 0.0620 e. The predicted octanol–water partition coefficient (Wildman–Crippen LogP) is 2.41. The molecule has 2 heterocycles. The third-order valence-corrected chi connectivity index (χ3v) is 5.62. The van der Waals surface area contributed by atoms with Crippen molar-refractivity contribution in [2.45, 2.75) is 57.4 Å². The number of likely N-dealkylation sites (tertiary alicyclic amines) is 1. The van der Waals surface area contributed by atoms with E-state index < -0.39 is 0 Å². The van der Waals surface area contributed by atoms with Gasteiger partial charge in [0.1, 0.15) is 0 Å². The van der Waals surface area contributed by atoms with Crippen LogP contribution in [0.25, 0.3) is 0 Å². The number of ether oxygens (including phenoxy) is 1. The summed E-state index contributed by atoms with van der Waals surface area (Å²) in [5.74, 6) is 0. The van der Waals surface area contributed by atoms with Crippen molar-refractivity contribution in [1.82, 2.24) is 10.2 Å². The number of hydrogen-bond donors (Lipinski definition) is 1. The molecule has 1 N–H and O–H groups in total. The van der Waals surface area contributed by atoms with E-state index in [0.29, 0.717) is 6.04 Å². The molecule has 3 rings (SSSR count). The molecule has 1 unspecified atom stereocenters. The zero-order chi connectivity index (χ0) is 13.0. The van der Waals surface area contributed by atoms with Crippen LogP contribution < -0.4 is 5.32 Å². The topological polar surface area (TPSA) is 24.5 Å². The second-order valence-corrected chi connectivity index (χ2v) is 6.92. The summed E-state index contributed by atoms with van der Waals surface area (Å²) >= 11 is 0. The monoisotopic (exact) mass is 266 g/mol. The quantitative estimate of drug-likeness (QED) is 0.849. The molecule has 1 spiro atoms. The first kappa shape index (κ1) is 13.8. The van der Waals surface area contributed by atoms with Gasteiger partial charge < -0.3 is 15.0 Å². The Hall–Kier alpha value is -0.120. The third kappa shape index (κ3) is 3.71. The molecule has 3 fully saturated rings. The Bertz CT molecular complexity index is 257. The van der Waals surface area contributed by atoms with Crippen LogP contribution >= 0.6 is 0 Å². The van der Waals surface area contributed by atoms with Crippen molar-refractivity contribution >= 4 is 0 Å². The fraction of sp³-hybridized carbons (Fsp3) is 1.00. The van der Waals surface area contributed by atoms with Crippen LogP contribution in [0.1, 0.15) is 51.4 Å². The molecule has 0 amide bonds. The highest BCUT2D eigenvalue weighted by molar-refractivity contribution is 4.88. The van der Waals surface area contributed by atoms with E-state index in [1.165, 1.54) is 71.0 Å². The van der Waals surface area contributed by atoms with Gasteiger partial charge >= 0.3 is 0 Å². The Labute approximate surface area is 118 Å². The van der Waals surface area contributed by atoms with Gasteiger partial charge in [-0.25, -0.2) is 0 Å². The van der Waals surface area contributed by atoms with Gasteiger partial charge in [0.15, 0.2) is 0 Å². The van der Waals surface area contributed by atoms with Crippen LogP contribution in [-0.2, 0) is 4.74 Å². The molecule has 1 atom stereocenters. The minimum atomic E-state index is 0.597. The summed E-state index contributed by atoms with van der Waals surface area (Å²) in [6.07, 6.45) is 11.7. The summed E-state index contributed by atoms with van der Waals surface area (Å²) in [6.45, 7) is 6.78. The second-order valence-electron chi connectivity index (χ2n) is 6.92. The van der Waals surface area contributed by atoms with Crippen molar-refractivity contribution in [1.29, 1.82) is 0 Å². The lowest BCUT2D eigenvalue weighted by Gasteiger charge is -2.44. The maximum absolute atomic E-state index is 5.53. The Balaban J connectivity index is 1.37. The molecule has 0 aromatic heterocycles. The van der Waals surface area contributed by atoms with Gasteiger partial charge in [-0.1, -0.05) is 19.3 Å². The van der Waals surface area contributed by atoms with Crippen molar-refractivity contribution in [2.24, 2.45) is 5.41 Å². The summed E-state index contributed by atoms with van der Waals surface area (Å²) in [5.41, 5.74) is 0.751. The van der Waals surface area contributed by atoms with Crippen molar-refractivity contribution in [3.05, 3.63) is 0 Å². The molecule has 0 aromatic rings. The summed E-state index contributed by atoms with van der Waals surface area (Å²) in [7, 11) is 0. The molecule has 1 aliphatic carbocycles. The molecule has 0 radical (unpaired) electrons. The first-order valence-corrected chi connectivity index (χ1v) is 8.40. The van der Waals surface area contributed by atoms with E-state index in [2.05, 4.69) is 10.2 Å². The minimum absolute atomic E-state index is 0.597. The minimum Gasteiger partial charge on any atom is -0.379 e. The first-order valence-electron chi connectivity index (χ1n) is 8.40. The number of morpholine rings is 1. The molecule has 0 bridgehead atoms. The summed E-state index contributed by atoms with van der Waals surface area (Å²) in [4.78, 5) is 2.69. The van der Waals surface area contributed by atoms with E-state index in [1.54, 1.807) is 0 Å². The van der Waals surface area contributed by atoms with Gasteiger partial charge in [-0.15, -0.1) is 0 Å². The molecule has 3 aliphatic rings. The van der Waals surface area contributed by atoms with Crippen LogP contribution in [0, 0.1) is 5.41 Å². The SMILES string of the molecule is C1CCC2(CC1)CCN(CCC1COCCN1)CC2. The van der Waals surface area contributed by atoms with Gasteiger partial charge in [-0.05, 0) is 57.2 Å². The Morgan fingerprint density at radius 3 is 2.53 bits per heavy atom. The highest BCUT2D eigenvalue weighted by Crippen LogP contribution is 2.44. The summed E-state index contributed by atoms with van der Waals surface area (Å²) < 4.78 is 5.53. The van der Waals surface area contributed by atoms with Crippen molar-refractivity contribution in [2.75, 3.05) is 39.4 Å². The Morgan fingerprint density at radius 1 is 1.05 bits per heavy atom. The number of piperidine rings is 1. The lowest BCUT2D eigenvalue weighted by Crippen LogP contribution is -2.45. The fourth-order valence-corrected chi connectivity index (χ4v) is 4.20. The van der Waals surface area contributed by atoms with Crippen molar-refractivity contribution in [3.8, 4) is 0 Å². The van der Waals surface area contributed by atoms with Crippen LogP contribution in [0.4, 0.5) is 0 Å². The van der Waals surface area contributed by atoms with Gasteiger partial charge in [-0.2, -0.15) is 0 Å². The molecule has 1 saturated carbocycles. The van der Waals surface area contributed by atoms with Crippen LogP contribution in [0.15, 0.2) is 0 Å². The summed E-state index contributed by atoms with van der Waals surface area (Å²) in [6, 6.07) is 0.597. The fourth-order valence-electron chi connectivity index (χ4n) is 4.20. The van der Waals surface area contributed by atoms with Crippen LogP contribution in [-0.4, -0.2) is 50.3 Å². The molecule has 3 nitrogen and oxygen atoms in total. The maximum atomic E-state index is 5.53. The Morgan fingerprint density at radius 2 is 1.84 bits per heavy atom. The van der Waals surface area contributed by atoms with Crippen LogP contribution in [0.5, 0.6) is 0 Å². The van der Waals surface area contributed by atoms with Crippen LogP contribution in [0.2, 0.25) is 0 Å². The zero-order valence-electron chi connectivity index (χ0n) is 12.3. The van der Waals surface area contributed by atoms with Crippen molar-refractivity contribution in [3.63, 3.8) is 0 Å². The molecular weight excluding hydrogens is 236 g/mol. The van der Waals surface area contributed by atoms with E-state index in [0.717, 1.165) is 25.2 Å². The highest BCUT2D eigenvalue weighted by atomic mass is 16.5. The lowest BCUT2D eigenvalue weighted by molar-refractivity contribution is 0.0502. The molecule has 3 heteroatoms. The van der Waals surface area contributed by atoms with E-state index in [-0.39, 0.29) is 0 Å². The van der Waals surface area contributed by atoms with Crippen LogP contribution in [0.3, 0.4) is 0 Å². The second kappa shape index (κ2) is 6.55. The standard InChI is InChI=1S/C16H30N2O/c1-2-5-16(6-3-1)7-11-18(12-8-16)10-4-15-14-19-13-9-17-15/h15,17H,1-14H2. The highest BCUT2D eigenvalue weighted by Gasteiger charge is 2.35. The van der Waals surface area contributed by atoms with E-state index in [1.807, 2.05) is 0 Å². The Kier molecular flexibility index (Phi) is 4.78. The van der Waals surface area contributed by atoms with Gasteiger partial charge in [0.25, 0.3) is 0 Å². The molecule has 2 aliphatic heterocycles. The van der Waals surface area contributed by atoms with Crippen molar-refractivity contribution < 1.29 is 4.74 Å². The van der Waals surface area contributed by atoms with E-state index in [9.17, 15) is 0 Å². The van der Waals surface area contributed by atoms with Gasteiger partial charge in [-0.3, -0.25) is 0 Å². The van der Waals surface area contributed by atoms with E-state index >= 15 is 0 Å². The molecule has 0 aromatic carbocycles. The smallest absolute Gasteiger partial charge is 0.0620 e. The molecule has 19 heavy (non-hydrogen) atoms. The van der Waals surface area contributed by atoms with Gasteiger partial charge in [0.05, 0.1) is 13.2 Å². The first-order chi connectivity index (χ1) is 9.36. The average molecular weight is 266 g/mol. The number of rotatable bonds is 3. The molecular formula is C16H30N2O. The van der Waals surface area contributed by atoms with E-state index in [4.69, 9.17) is 4.74 Å². The number of nitrogens with one attached hydrogen (secondary N) is 1. The normalized spacial score (nSPS) is 32.5. The average Bonchev–Trinajstić information content (AvgIpc) is 2.49. The molecule has 2 saturated heterocycles. The summed E-state index contributed by atoms with van der Waals surface area (Å²) in [5, 5.41) is 3.56. The third-order valence-electron chi connectivity index (χ3n) is 5.62. The van der Waals surface area contributed by atoms with Gasteiger partial charge in [0, 0.05) is 12.6 Å². The van der Waals surface area contributed by atoms with Gasteiger partial charge in [0.2, 0.25) is 0 Å². The predicted molar refractivity (Wildman–Crippen MR) is 78.4 cm³/mol. The number of hydrogen-bond acceptors (Lipinski definition) is 3.